The molecule has 1 aromatic rings. The number of nitrogens with one attached hydrogen (secondary N) is 2. The summed E-state index contributed by atoms with van der Waals surface area (Å²) in [6, 6.07) is 3.66. The molecule has 0 bridgehead atoms. The van der Waals surface area contributed by atoms with Crippen LogP contribution in [-0.4, -0.2) is 23.8 Å². The maximum Gasteiger partial charge on any atom is 0.315 e. The topological polar surface area (TPSA) is 61.4 Å². The number of amides is 2. The number of urea groups is 1. The average Bonchev–Trinajstić information content (AvgIpc) is 2.70. The van der Waals surface area contributed by atoms with E-state index in [1.54, 1.807) is 11.3 Å². The maximum atomic E-state index is 11.4. The second-order valence-electron chi connectivity index (χ2n) is 3.71. The summed E-state index contributed by atoms with van der Waals surface area (Å²) in [4.78, 5) is 12.5. The van der Waals surface area contributed by atoms with Gasteiger partial charge < -0.3 is 15.7 Å². The van der Waals surface area contributed by atoms with Gasteiger partial charge in [0.1, 0.15) is 0 Å². The summed E-state index contributed by atoms with van der Waals surface area (Å²) in [6.45, 7) is 2.80. The van der Waals surface area contributed by atoms with E-state index in [0.717, 1.165) is 15.1 Å². The number of rotatable bonds is 6. The van der Waals surface area contributed by atoms with Gasteiger partial charge in [0.25, 0.3) is 0 Å². The van der Waals surface area contributed by atoms with Crippen molar-refractivity contribution >= 4 is 33.3 Å². The van der Waals surface area contributed by atoms with Crippen LogP contribution in [0.5, 0.6) is 0 Å². The van der Waals surface area contributed by atoms with Gasteiger partial charge in [-0.25, -0.2) is 4.79 Å². The molecule has 17 heavy (non-hydrogen) atoms. The molecule has 0 aliphatic rings. The van der Waals surface area contributed by atoms with Crippen molar-refractivity contribution < 1.29 is 9.90 Å². The summed E-state index contributed by atoms with van der Waals surface area (Å²) < 4.78 is 1.05. The number of aliphatic hydroxyl groups excluding tert-OH is 1. The monoisotopic (exact) mass is 320 g/mol. The van der Waals surface area contributed by atoms with Gasteiger partial charge in [-0.05, 0) is 34.5 Å². The highest BCUT2D eigenvalue weighted by molar-refractivity contribution is 9.11. The molecule has 0 radical (unpaired) electrons. The number of halogens is 1. The lowest BCUT2D eigenvalue weighted by molar-refractivity contribution is 0.160. The minimum Gasteiger partial charge on any atom is -0.391 e. The second-order valence-corrected chi connectivity index (χ2v) is 6.26. The minimum atomic E-state index is -0.457. The van der Waals surface area contributed by atoms with Crippen molar-refractivity contribution in [2.24, 2.45) is 0 Å². The molecule has 0 aliphatic heterocycles. The quantitative estimate of drug-likeness (QED) is 0.754. The lowest BCUT2D eigenvalue weighted by Gasteiger charge is -2.11. The number of carbonyl (C=O) groups is 1. The molecule has 0 fully saturated rings. The van der Waals surface area contributed by atoms with E-state index in [0.29, 0.717) is 19.5 Å². The van der Waals surface area contributed by atoms with Crippen LogP contribution in [0, 0.1) is 0 Å². The minimum absolute atomic E-state index is 0.246. The molecule has 1 rings (SSSR count). The fourth-order valence-electron chi connectivity index (χ4n) is 1.32. The van der Waals surface area contributed by atoms with Crippen LogP contribution in [0.4, 0.5) is 4.79 Å². The van der Waals surface area contributed by atoms with E-state index < -0.39 is 6.10 Å². The molecule has 6 heteroatoms. The van der Waals surface area contributed by atoms with Crippen LogP contribution in [0.2, 0.25) is 0 Å². The molecule has 0 saturated carbocycles. The Morgan fingerprint density at radius 2 is 2.29 bits per heavy atom. The zero-order valence-electron chi connectivity index (χ0n) is 9.70. The Morgan fingerprint density at radius 3 is 2.88 bits per heavy atom. The molecule has 0 aliphatic carbocycles. The summed E-state index contributed by atoms with van der Waals surface area (Å²) in [5, 5.41) is 14.8. The zero-order chi connectivity index (χ0) is 12.7. The molecular weight excluding hydrogens is 304 g/mol. The number of aliphatic hydroxyl groups is 1. The third-order valence-corrected chi connectivity index (χ3v) is 3.80. The first-order valence-electron chi connectivity index (χ1n) is 5.55. The highest BCUT2D eigenvalue weighted by Gasteiger charge is 2.06. The number of carbonyl (C=O) groups excluding carboxylic acids is 1. The third-order valence-electron chi connectivity index (χ3n) is 2.17. The molecule has 1 heterocycles. The van der Waals surface area contributed by atoms with Gasteiger partial charge in [-0.2, -0.15) is 0 Å². The lowest BCUT2D eigenvalue weighted by atomic mass is 10.2. The van der Waals surface area contributed by atoms with E-state index in [1.165, 1.54) is 0 Å². The van der Waals surface area contributed by atoms with Crippen LogP contribution in [0.25, 0.3) is 0 Å². The standard InChI is InChI=1S/C11H17BrN2O2S/c1-2-3-8(15)6-13-11(16)14-7-9-4-5-10(12)17-9/h4-5,8,15H,2-3,6-7H2,1H3,(H2,13,14,16). The highest BCUT2D eigenvalue weighted by atomic mass is 79.9. The van der Waals surface area contributed by atoms with Crippen LogP contribution < -0.4 is 10.6 Å². The molecule has 3 N–H and O–H groups in total. The number of hydrogen-bond acceptors (Lipinski definition) is 3. The van der Waals surface area contributed by atoms with Gasteiger partial charge in [0.05, 0.1) is 16.4 Å². The van der Waals surface area contributed by atoms with Gasteiger partial charge in [0, 0.05) is 11.4 Å². The maximum absolute atomic E-state index is 11.4. The molecular formula is C11H17BrN2O2S. The van der Waals surface area contributed by atoms with Crippen LogP contribution in [0.3, 0.4) is 0 Å². The van der Waals surface area contributed by atoms with Crippen molar-refractivity contribution in [3.63, 3.8) is 0 Å². The van der Waals surface area contributed by atoms with Crippen LogP contribution >= 0.6 is 27.3 Å². The Morgan fingerprint density at radius 1 is 1.53 bits per heavy atom. The van der Waals surface area contributed by atoms with Gasteiger partial charge >= 0.3 is 6.03 Å². The van der Waals surface area contributed by atoms with Crippen LogP contribution in [0.1, 0.15) is 24.6 Å². The van der Waals surface area contributed by atoms with E-state index in [4.69, 9.17) is 0 Å². The largest absolute Gasteiger partial charge is 0.391 e. The molecule has 2 amide bonds. The molecule has 0 saturated heterocycles. The van der Waals surface area contributed by atoms with E-state index in [1.807, 2.05) is 19.1 Å². The first-order chi connectivity index (χ1) is 8.11. The SMILES string of the molecule is CCCC(O)CNC(=O)NCc1ccc(Br)s1. The Kier molecular flexibility index (Phi) is 6.54. The Balaban J connectivity index is 2.17. The van der Waals surface area contributed by atoms with Crippen molar-refractivity contribution in [2.75, 3.05) is 6.54 Å². The van der Waals surface area contributed by atoms with Gasteiger partial charge in [-0.3, -0.25) is 0 Å². The summed E-state index contributed by atoms with van der Waals surface area (Å²) in [6.07, 6.45) is 1.16. The summed E-state index contributed by atoms with van der Waals surface area (Å²) >= 11 is 4.95. The van der Waals surface area contributed by atoms with Gasteiger partial charge in [-0.15, -0.1) is 11.3 Å². The Bertz CT molecular complexity index is 357. The highest BCUT2D eigenvalue weighted by Crippen LogP contribution is 2.21. The molecule has 1 unspecified atom stereocenters. The molecule has 1 aromatic heterocycles. The van der Waals surface area contributed by atoms with E-state index >= 15 is 0 Å². The molecule has 0 aromatic carbocycles. The van der Waals surface area contributed by atoms with Gasteiger partial charge in [0.2, 0.25) is 0 Å². The van der Waals surface area contributed by atoms with Crippen molar-refractivity contribution in [3.8, 4) is 0 Å². The smallest absolute Gasteiger partial charge is 0.315 e. The van der Waals surface area contributed by atoms with Crippen molar-refractivity contribution in [1.29, 1.82) is 0 Å². The van der Waals surface area contributed by atoms with E-state index in [-0.39, 0.29) is 6.03 Å². The Labute approximate surface area is 114 Å². The first-order valence-corrected chi connectivity index (χ1v) is 7.16. The van der Waals surface area contributed by atoms with Gasteiger partial charge in [-0.1, -0.05) is 13.3 Å². The van der Waals surface area contributed by atoms with Crippen molar-refractivity contribution in [2.45, 2.75) is 32.4 Å². The van der Waals surface area contributed by atoms with Crippen LogP contribution in [0.15, 0.2) is 15.9 Å². The van der Waals surface area contributed by atoms with Crippen molar-refractivity contribution in [3.05, 3.63) is 20.8 Å². The normalized spacial score (nSPS) is 12.2. The average molecular weight is 321 g/mol. The summed E-state index contributed by atoms with van der Waals surface area (Å²) in [5.74, 6) is 0. The molecule has 0 spiro atoms. The lowest BCUT2D eigenvalue weighted by Crippen LogP contribution is -2.39. The fraction of sp³-hybridized carbons (Fsp3) is 0.545. The second kappa shape index (κ2) is 7.68. The molecule has 1 atom stereocenters. The number of hydrogen-bond donors (Lipinski definition) is 3. The molecule has 96 valence electrons. The third kappa shape index (κ3) is 6.05. The zero-order valence-corrected chi connectivity index (χ0v) is 12.1. The summed E-state index contributed by atoms with van der Waals surface area (Å²) in [7, 11) is 0. The van der Waals surface area contributed by atoms with E-state index in [9.17, 15) is 9.90 Å². The first kappa shape index (κ1) is 14.5. The van der Waals surface area contributed by atoms with Crippen molar-refractivity contribution in [1.82, 2.24) is 10.6 Å². The predicted octanol–water partition coefficient (Wildman–Crippen LogP) is 2.47. The predicted molar refractivity (Wildman–Crippen MR) is 73.2 cm³/mol. The summed E-state index contributed by atoms with van der Waals surface area (Å²) in [5.41, 5.74) is 0. The van der Waals surface area contributed by atoms with Crippen LogP contribution in [-0.2, 0) is 6.54 Å². The van der Waals surface area contributed by atoms with E-state index in [2.05, 4.69) is 26.6 Å². The Hall–Kier alpha value is -0.590. The van der Waals surface area contributed by atoms with Gasteiger partial charge in [0.15, 0.2) is 0 Å². The molecule has 4 nitrogen and oxygen atoms in total. The number of thiophene rings is 1. The fourth-order valence-corrected chi connectivity index (χ4v) is 2.75.